The number of carbonyl (C=O) groups excluding carboxylic acids is 2. The minimum atomic E-state index is -0.552. The highest BCUT2D eigenvalue weighted by Gasteiger charge is 2.20. The number of para-hydroxylation sites is 1. The zero-order valence-corrected chi connectivity index (χ0v) is 15.6. The lowest BCUT2D eigenvalue weighted by Crippen LogP contribution is -2.18. The summed E-state index contributed by atoms with van der Waals surface area (Å²) in [4.78, 5) is 24.8. The molecule has 0 bridgehead atoms. The predicted octanol–water partition coefficient (Wildman–Crippen LogP) is 3.94. The van der Waals surface area contributed by atoms with Crippen LogP contribution in [0.15, 0.2) is 42.5 Å². The lowest BCUT2D eigenvalue weighted by molar-refractivity contribution is 0.0161. The van der Waals surface area contributed by atoms with Crippen LogP contribution in [0.25, 0.3) is 0 Å². The van der Waals surface area contributed by atoms with Gasteiger partial charge in [-0.05, 0) is 43.2 Å². The summed E-state index contributed by atoms with van der Waals surface area (Å²) in [7, 11) is 1.50. The maximum atomic E-state index is 12.5. The molecule has 0 saturated carbocycles. The van der Waals surface area contributed by atoms with Gasteiger partial charge < -0.3 is 19.5 Å². The highest BCUT2D eigenvalue weighted by Crippen LogP contribution is 2.24. The number of anilines is 1. The molecule has 3 rings (SSSR count). The van der Waals surface area contributed by atoms with Gasteiger partial charge in [-0.2, -0.15) is 0 Å². The van der Waals surface area contributed by atoms with Crippen LogP contribution < -0.4 is 10.1 Å². The number of nitrogens with one attached hydrogen (secondary N) is 1. The van der Waals surface area contributed by atoms with Crippen molar-refractivity contribution in [1.29, 1.82) is 0 Å². The Kier molecular flexibility index (Phi) is 6.32. The lowest BCUT2D eigenvalue weighted by Gasteiger charge is -2.13. The number of ether oxygens (including phenoxy) is 3. The summed E-state index contributed by atoms with van der Waals surface area (Å²) in [5.74, 6) is -0.447. The summed E-state index contributed by atoms with van der Waals surface area (Å²) >= 11 is 6.12. The van der Waals surface area contributed by atoms with E-state index in [0.717, 1.165) is 12.8 Å². The minimum absolute atomic E-state index is 0.0684. The van der Waals surface area contributed by atoms with E-state index in [4.69, 9.17) is 25.8 Å². The van der Waals surface area contributed by atoms with E-state index in [1.807, 2.05) is 0 Å². The second-order valence-electron chi connectivity index (χ2n) is 6.08. The van der Waals surface area contributed by atoms with Crippen LogP contribution in [0.1, 0.15) is 33.6 Å². The molecule has 1 aliphatic rings. The molecule has 0 aromatic heterocycles. The van der Waals surface area contributed by atoms with Crippen molar-refractivity contribution >= 4 is 29.2 Å². The highest BCUT2D eigenvalue weighted by atomic mass is 35.5. The van der Waals surface area contributed by atoms with Crippen molar-refractivity contribution in [1.82, 2.24) is 0 Å². The number of methoxy groups -OCH3 is 1. The van der Waals surface area contributed by atoms with Crippen molar-refractivity contribution < 1.29 is 23.8 Å². The van der Waals surface area contributed by atoms with E-state index in [1.165, 1.54) is 13.2 Å². The lowest BCUT2D eigenvalue weighted by atomic mass is 10.1. The van der Waals surface area contributed by atoms with E-state index < -0.39 is 5.97 Å². The molecule has 0 radical (unpaired) electrons. The molecule has 2 aromatic rings. The summed E-state index contributed by atoms with van der Waals surface area (Å²) < 4.78 is 15.9. The van der Waals surface area contributed by atoms with Crippen LogP contribution in [-0.2, 0) is 9.47 Å². The van der Waals surface area contributed by atoms with Crippen molar-refractivity contribution in [3.8, 4) is 5.75 Å². The van der Waals surface area contributed by atoms with E-state index in [0.29, 0.717) is 23.6 Å². The molecule has 1 heterocycles. The van der Waals surface area contributed by atoms with Crippen LogP contribution in [0.5, 0.6) is 5.75 Å². The molecule has 0 aliphatic carbocycles. The molecule has 27 heavy (non-hydrogen) atoms. The smallest absolute Gasteiger partial charge is 0.339 e. The van der Waals surface area contributed by atoms with Crippen LogP contribution in [0.3, 0.4) is 0 Å². The zero-order valence-electron chi connectivity index (χ0n) is 14.9. The van der Waals surface area contributed by atoms with Gasteiger partial charge >= 0.3 is 5.97 Å². The van der Waals surface area contributed by atoms with Gasteiger partial charge in [0, 0.05) is 12.3 Å². The molecule has 1 aliphatic heterocycles. The summed E-state index contributed by atoms with van der Waals surface area (Å²) in [6.07, 6.45) is 1.77. The molecule has 2 aromatic carbocycles. The molecule has 7 heteroatoms. The Labute approximate surface area is 162 Å². The second-order valence-corrected chi connectivity index (χ2v) is 6.49. The average Bonchev–Trinajstić information content (AvgIpc) is 3.21. The first-order valence-corrected chi connectivity index (χ1v) is 8.99. The number of esters is 1. The number of hydrogen-bond donors (Lipinski definition) is 1. The topological polar surface area (TPSA) is 73.9 Å². The maximum Gasteiger partial charge on any atom is 0.339 e. The van der Waals surface area contributed by atoms with Crippen LogP contribution in [0.4, 0.5) is 5.69 Å². The predicted molar refractivity (Wildman–Crippen MR) is 102 cm³/mol. The molecule has 1 atom stereocenters. The molecule has 142 valence electrons. The Balaban J connectivity index is 1.70. The third kappa shape index (κ3) is 4.78. The molecular weight excluding hydrogens is 370 g/mol. The second kappa shape index (κ2) is 8.88. The first kappa shape index (κ1) is 19.2. The van der Waals surface area contributed by atoms with Gasteiger partial charge in [-0.1, -0.05) is 23.7 Å². The zero-order chi connectivity index (χ0) is 19.2. The van der Waals surface area contributed by atoms with Crippen molar-refractivity contribution in [3.63, 3.8) is 0 Å². The number of halogens is 1. The van der Waals surface area contributed by atoms with Crippen LogP contribution >= 0.6 is 11.6 Å². The highest BCUT2D eigenvalue weighted by molar-refractivity contribution is 6.33. The maximum absolute atomic E-state index is 12.5. The van der Waals surface area contributed by atoms with E-state index >= 15 is 0 Å². The Morgan fingerprint density at radius 1 is 1.22 bits per heavy atom. The van der Waals surface area contributed by atoms with Gasteiger partial charge in [0.15, 0.2) is 0 Å². The van der Waals surface area contributed by atoms with E-state index in [2.05, 4.69) is 5.32 Å². The van der Waals surface area contributed by atoms with Gasteiger partial charge in [0.05, 0.1) is 29.4 Å². The Bertz CT molecular complexity index is 833. The number of rotatable bonds is 6. The molecule has 0 spiro atoms. The third-order valence-electron chi connectivity index (χ3n) is 4.22. The van der Waals surface area contributed by atoms with Gasteiger partial charge in [0.2, 0.25) is 0 Å². The fraction of sp³-hybridized carbons (Fsp3) is 0.300. The Hall–Kier alpha value is -2.57. The van der Waals surface area contributed by atoms with Gasteiger partial charge in [0.1, 0.15) is 12.4 Å². The first-order valence-electron chi connectivity index (χ1n) is 8.61. The average molecular weight is 390 g/mol. The van der Waals surface area contributed by atoms with E-state index in [9.17, 15) is 9.59 Å². The fourth-order valence-electron chi connectivity index (χ4n) is 2.81. The molecule has 1 unspecified atom stereocenters. The van der Waals surface area contributed by atoms with E-state index in [1.54, 1.807) is 36.4 Å². The van der Waals surface area contributed by atoms with Crippen LogP contribution in [0.2, 0.25) is 5.02 Å². The number of amides is 1. The number of carbonyl (C=O) groups is 2. The SMILES string of the molecule is COc1ccccc1C(=O)Nc1ccc(Cl)c(C(=O)OCC2CCCO2)c1. The molecule has 1 fully saturated rings. The molecule has 1 amide bonds. The molecule has 1 N–H and O–H groups in total. The van der Waals surface area contributed by atoms with Crippen LogP contribution in [-0.4, -0.2) is 38.3 Å². The number of hydrogen-bond acceptors (Lipinski definition) is 5. The van der Waals surface area contributed by atoms with Gasteiger partial charge in [-0.15, -0.1) is 0 Å². The van der Waals surface area contributed by atoms with E-state index in [-0.39, 0.29) is 29.2 Å². The quantitative estimate of drug-likeness (QED) is 0.757. The van der Waals surface area contributed by atoms with Gasteiger partial charge in [0.25, 0.3) is 5.91 Å². The van der Waals surface area contributed by atoms with Crippen molar-refractivity contribution in [2.24, 2.45) is 0 Å². The van der Waals surface area contributed by atoms with Gasteiger partial charge in [-0.25, -0.2) is 4.79 Å². The minimum Gasteiger partial charge on any atom is -0.496 e. The fourth-order valence-corrected chi connectivity index (χ4v) is 3.01. The summed E-state index contributed by atoms with van der Waals surface area (Å²) in [6, 6.07) is 11.5. The standard InChI is InChI=1S/C20H20ClNO5/c1-25-18-7-3-2-6-15(18)19(23)22-13-8-9-17(21)16(11-13)20(24)27-12-14-5-4-10-26-14/h2-3,6-9,11,14H,4-5,10,12H2,1H3,(H,22,23). The molecule has 1 saturated heterocycles. The first-order chi connectivity index (χ1) is 13.1. The summed E-state index contributed by atoms with van der Waals surface area (Å²) in [6.45, 7) is 0.875. The van der Waals surface area contributed by atoms with Crippen molar-refractivity contribution in [3.05, 3.63) is 58.6 Å². The molecular formula is C20H20ClNO5. The summed E-state index contributed by atoms with van der Waals surface area (Å²) in [5, 5.41) is 3.00. The van der Waals surface area contributed by atoms with Crippen molar-refractivity contribution in [2.45, 2.75) is 18.9 Å². The van der Waals surface area contributed by atoms with Crippen LogP contribution in [0, 0.1) is 0 Å². The number of benzene rings is 2. The largest absolute Gasteiger partial charge is 0.496 e. The van der Waals surface area contributed by atoms with Gasteiger partial charge in [-0.3, -0.25) is 4.79 Å². The molecule has 6 nitrogen and oxygen atoms in total. The Morgan fingerprint density at radius 3 is 2.78 bits per heavy atom. The normalized spacial score (nSPS) is 16.0. The Morgan fingerprint density at radius 2 is 2.04 bits per heavy atom. The monoisotopic (exact) mass is 389 g/mol. The summed E-state index contributed by atoms with van der Waals surface area (Å²) in [5.41, 5.74) is 1.00. The third-order valence-corrected chi connectivity index (χ3v) is 4.55. The van der Waals surface area contributed by atoms with Crippen molar-refractivity contribution in [2.75, 3.05) is 25.6 Å².